The third-order valence-corrected chi connectivity index (χ3v) is 6.46. The first kappa shape index (κ1) is 27.0. The molecule has 0 aliphatic carbocycles. The van der Waals surface area contributed by atoms with Crippen LogP contribution in [0, 0.1) is 0 Å². The molecule has 32 heavy (non-hydrogen) atoms. The van der Waals surface area contributed by atoms with Crippen LogP contribution in [0.4, 0.5) is 5.69 Å². The average Bonchev–Trinajstić information content (AvgIpc) is 3.05. The predicted octanol–water partition coefficient (Wildman–Crippen LogP) is 8.58. The van der Waals surface area contributed by atoms with Crippen LogP contribution in [0.1, 0.15) is 96.8 Å². The quantitative estimate of drug-likeness (QED) is 0.167. The number of cyclic esters (lactones) is 1. The summed E-state index contributed by atoms with van der Waals surface area (Å²) in [6.45, 7) is 2.79. The Morgan fingerprint density at radius 3 is 1.94 bits per heavy atom. The largest absolute Gasteiger partial charge is 0.425 e. The third-order valence-electron chi connectivity index (χ3n) is 5.78. The van der Waals surface area contributed by atoms with Crippen molar-refractivity contribution in [2.45, 2.75) is 103 Å². The first-order chi connectivity index (χ1) is 15.6. The molecule has 0 aromatic heterocycles. The van der Waals surface area contributed by atoms with Crippen LogP contribution in [-0.2, 0) is 14.3 Å². The molecule has 1 aliphatic rings. The number of esters is 1. The van der Waals surface area contributed by atoms with E-state index in [0.717, 1.165) is 12.8 Å². The molecule has 0 bridgehead atoms. The van der Waals surface area contributed by atoms with Crippen molar-refractivity contribution in [3.8, 4) is 0 Å². The average molecular weight is 485 g/mol. The number of benzene rings is 1. The fourth-order valence-corrected chi connectivity index (χ4v) is 4.21. The molecule has 1 aromatic rings. The van der Waals surface area contributed by atoms with E-state index in [0.29, 0.717) is 23.0 Å². The van der Waals surface area contributed by atoms with Gasteiger partial charge in [-0.2, -0.15) is 0 Å². The molecule has 2 rings (SSSR count). The predicted molar refractivity (Wildman–Crippen MR) is 134 cm³/mol. The number of unbranched alkanes of at least 4 members (excludes halogenated alkanes) is 13. The third kappa shape index (κ3) is 10.1. The molecule has 1 unspecified atom stereocenters. The first-order valence-electron chi connectivity index (χ1n) is 12.4. The van der Waals surface area contributed by atoms with Gasteiger partial charge in [0.05, 0.1) is 17.3 Å². The van der Waals surface area contributed by atoms with Crippen molar-refractivity contribution in [1.82, 2.24) is 0 Å². The number of hydrogen-bond donors (Lipinski definition) is 1. The Morgan fingerprint density at radius 2 is 1.38 bits per heavy atom. The number of para-hydroxylation sites is 1. The van der Waals surface area contributed by atoms with E-state index < -0.39 is 12.3 Å². The SMILES string of the molecule is CCCCCCCCCCCCCCCCOC1OC(=O)C(Cl)=C1Nc1ccccc1Cl. The smallest absolute Gasteiger partial charge is 0.354 e. The lowest BCUT2D eigenvalue weighted by atomic mass is 10.0. The summed E-state index contributed by atoms with van der Waals surface area (Å²) in [5.41, 5.74) is 1.07. The minimum absolute atomic E-state index is 0.0101. The van der Waals surface area contributed by atoms with Gasteiger partial charge in [0.15, 0.2) is 5.03 Å². The highest BCUT2D eigenvalue weighted by Crippen LogP contribution is 2.30. The second-order valence-corrected chi connectivity index (χ2v) is 9.32. The van der Waals surface area contributed by atoms with Crippen molar-refractivity contribution in [3.05, 3.63) is 40.0 Å². The van der Waals surface area contributed by atoms with Crippen molar-refractivity contribution < 1.29 is 14.3 Å². The van der Waals surface area contributed by atoms with Crippen molar-refractivity contribution in [3.63, 3.8) is 0 Å². The van der Waals surface area contributed by atoms with Gasteiger partial charge in [0.2, 0.25) is 6.29 Å². The molecule has 0 saturated heterocycles. The van der Waals surface area contributed by atoms with Crippen molar-refractivity contribution >= 4 is 34.9 Å². The first-order valence-corrected chi connectivity index (χ1v) is 13.1. The fourth-order valence-electron chi connectivity index (χ4n) is 3.85. The molecule has 1 atom stereocenters. The summed E-state index contributed by atoms with van der Waals surface area (Å²) in [4.78, 5) is 11.9. The van der Waals surface area contributed by atoms with E-state index in [2.05, 4.69) is 12.2 Å². The van der Waals surface area contributed by atoms with Crippen LogP contribution < -0.4 is 5.32 Å². The van der Waals surface area contributed by atoms with E-state index in [9.17, 15) is 4.79 Å². The minimum Gasteiger partial charge on any atom is -0.425 e. The summed E-state index contributed by atoms with van der Waals surface area (Å²) in [7, 11) is 0. The van der Waals surface area contributed by atoms with Crippen molar-refractivity contribution in [2.24, 2.45) is 0 Å². The summed E-state index contributed by atoms with van der Waals surface area (Å²) in [6, 6.07) is 7.27. The van der Waals surface area contributed by atoms with Crippen LogP contribution in [0.2, 0.25) is 5.02 Å². The van der Waals surface area contributed by atoms with Crippen molar-refractivity contribution in [2.75, 3.05) is 11.9 Å². The zero-order valence-electron chi connectivity index (χ0n) is 19.5. The Morgan fingerprint density at radius 1 is 0.844 bits per heavy atom. The maximum atomic E-state index is 11.9. The molecule has 0 spiro atoms. The van der Waals surface area contributed by atoms with Crippen molar-refractivity contribution in [1.29, 1.82) is 0 Å². The van der Waals surface area contributed by atoms with Gasteiger partial charge in [-0.15, -0.1) is 0 Å². The number of ether oxygens (including phenoxy) is 2. The Bertz CT molecular complexity index is 708. The van der Waals surface area contributed by atoms with Gasteiger partial charge in [-0.1, -0.05) is 126 Å². The summed E-state index contributed by atoms with van der Waals surface area (Å²) in [5, 5.41) is 3.63. The minimum atomic E-state index is -0.812. The number of rotatable bonds is 18. The number of nitrogens with one attached hydrogen (secondary N) is 1. The van der Waals surface area contributed by atoms with Crippen LogP contribution in [0.25, 0.3) is 0 Å². The van der Waals surface area contributed by atoms with Gasteiger partial charge in [-0.25, -0.2) is 4.79 Å². The second kappa shape index (κ2) is 16.4. The highest BCUT2D eigenvalue weighted by molar-refractivity contribution is 6.42. The van der Waals surface area contributed by atoms with Crippen LogP contribution in [-0.4, -0.2) is 18.9 Å². The molecular formula is C26H39Cl2NO3. The van der Waals surface area contributed by atoms with E-state index in [4.69, 9.17) is 32.7 Å². The Balaban J connectivity index is 1.51. The molecule has 1 aromatic carbocycles. The Labute approximate surface area is 204 Å². The van der Waals surface area contributed by atoms with Crippen LogP contribution >= 0.6 is 23.2 Å². The number of anilines is 1. The highest BCUT2D eigenvalue weighted by atomic mass is 35.5. The topological polar surface area (TPSA) is 47.6 Å². The molecular weight excluding hydrogens is 445 g/mol. The molecule has 1 aliphatic heterocycles. The van der Waals surface area contributed by atoms with Gasteiger partial charge < -0.3 is 14.8 Å². The van der Waals surface area contributed by atoms with Gasteiger partial charge in [-0.3, -0.25) is 0 Å². The summed E-state index contributed by atoms with van der Waals surface area (Å²) >= 11 is 12.3. The normalized spacial score (nSPS) is 16.0. The molecule has 1 heterocycles. The lowest BCUT2D eigenvalue weighted by molar-refractivity contribution is -0.159. The molecule has 4 nitrogen and oxygen atoms in total. The van der Waals surface area contributed by atoms with Gasteiger partial charge >= 0.3 is 5.97 Å². The molecule has 0 radical (unpaired) electrons. The van der Waals surface area contributed by atoms with Crippen LogP contribution in [0.3, 0.4) is 0 Å². The maximum Gasteiger partial charge on any atom is 0.354 e. The number of carbonyl (C=O) groups is 1. The monoisotopic (exact) mass is 483 g/mol. The number of hydrogen-bond acceptors (Lipinski definition) is 4. The van der Waals surface area contributed by atoms with E-state index >= 15 is 0 Å². The van der Waals surface area contributed by atoms with E-state index in [1.165, 1.54) is 77.0 Å². The fraction of sp³-hybridized carbons (Fsp3) is 0.654. The molecule has 6 heteroatoms. The summed E-state index contributed by atoms with van der Waals surface area (Å²) in [5.74, 6) is -0.577. The van der Waals surface area contributed by atoms with Gasteiger partial charge in [-0.05, 0) is 18.6 Å². The molecule has 0 saturated carbocycles. The van der Waals surface area contributed by atoms with E-state index in [1.807, 2.05) is 18.2 Å². The lowest BCUT2D eigenvalue weighted by Gasteiger charge is -2.17. The summed E-state index contributed by atoms with van der Waals surface area (Å²) < 4.78 is 11.0. The Hall–Kier alpha value is -1.23. The van der Waals surface area contributed by atoms with Crippen LogP contribution in [0.5, 0.6) is 0 Å². The van der Waals surface area contributed by atoms with Gasteiger partial charge in [0.25, 0.3) is 0 Å². The zero-order valence-corrected chi connectivity index (χ0v) is 21.0. The summed E-state index contributed by atoms with van der Waals surface area (Å²) in [6.07, 6.45) is 17.5. The molecule has 0 fully saturated rings. The number of carbonyl (C=O) groups excluding carboxylic acids is 1. The molecule has 180 valence electrons. The Kier molecular flexibility index (Phi) is 13.8. The maximum absolute atomic E-state index is 11.9. The highest BCUT2D eigenvalue weighted by Gasteiger charge is 2.34. The standard InChI is InChI=1S/C26H39Cl2NO3/c1-2-3-4-5-6-7-8-9-10-11-12-13-14-17-20-31-26-24(23(28)25(30)32-26)29-22-19-16-15-18-21(22)27/h15-16,18-19,26,29H,2-14,17,20H2,1H3. The van der Waals surface area contributed by atoms with Crippen LogP contribution in [0.15, 0.2) is 35.0 Å². The molecule has 1 N–H and O–H groups in total. The zero-order chi connectivity index (χ0) is 23.0. The van der Waals surface area contributed by atoms with Gasteiger partial charge in [0, 0.05) is 0 Å². The van der Waals surface area contributed by atoms with Gasteiger partial charge in [0.1, 0.15) is 5.70 Å². The number of halogens is 2. The lowest BCUT2D eigenvalue weighted by Crippen LogP contribution is -2.21. The van der Waals surface area contributed by atoms with E-state index in [1.54, 1.807) is 6.07 Å². The molecule has 0 amide bonds. The van der Waals surface area contributed by atoms with E-state index in [-0.39, 0.29) is 5.03 Å². The second-order valence-electron chi connectivity index (χ2n) is 8.54.